The molecule has 0 aliphatic carbocycles. The number of nitrogens with one attached hydrogen (secondary N) is 1. The summed E-state index contributed by atoms with van der Waals surface area (Å²) in [6, 6.07) is 5.12. The Labute approximate surface area is 133 Å². The number of anilines is 1. The number of hydrogen-bond acceptors (Lipinski definition) is 5. The first-order valence-electron chi connectivity index (χ1n) is 6.49. The van der Waals surface area contributed by atoms with Gasteiger partial charge in [0, 0.05) is 24.4 Å². The summed E-state index contributed by atoms with van der Waals surface area (Å²) in [5.41, 5.74) is -0.766. The van der Waals surface area contributed by atoms with Crippen molar-refractivity contribution < 1.29 is 27.6 Å². The molecule has 126 valence electrons. The molecule has 0 bridgehead atoms. The summed E-state index contributed by atoms with van der Waals surface area (Å²) < 4.78 is 42.3. The number of amides is 1. The van der Waals surface area contributed by atoms with Gasteiger partial charge < -0.3 is 10.1 Å². The lowest BCUT2D eigenvalue weighted by Gasteiger charge is -2.07. The van der Waals surface area contributed by atoms with Crippen LogP contribution in [0.5, 0.6) is 5.88 Å². The molecule has 1 heterocycles. The molecule has 0 spiro atoms. The Kier molecular flexibility index (Phi) is 5.30. The second-order valence-electron chi connectivity index (χ2n) is 4.46. The molecule has 0 atom stereocenters. The molecule has 10 heteroatoms. The van der Waals surface area contributed by atoms with Crippen molar-refractivity contribution in [2.24, 2.45) is 0 Å². The van der Waals surface area contributed by atoms with E-state index in [9.17, 15) is 28.1 Å². The van der Waals surface area contributed by atoms with Crippen LogP contribution in [0.2, 0.25) is 0 Å². The fourth-order valence-electron chi connectivity index (χ4n) is 1.67. The molecule has 0 unspecified atom stereocenters. The van der Waals surface area contributed by atoms with E-state index in [1.54, 1.807) is 0 Å². The van der Waals surface area contributed by atoms with Gasteiger partial charge >= 0.3 is 0 Å². The molecule has 1 aromatic heterocycles. The van der Waals surface area contributed by atoms with E-state index in [1.807, 2.05) is 0 Å². The Hall–Kier alpha value is -3.17. The van der Waals surface area contributed by atoms with Crippen LogP contribution in [-0.4, -0.2) is 28.8 Å². The smallest absolute Gasteiger partial charge is 0.272 e. The van der Waals surface area contributed by atoms with Crippen molar-refractivity contribution in [3.05, 3.63) is 58.0 Å². The average Bonchev–Trinajstić information content (AvgIpc) is 2.55. The van der Waals surface area contributed by atoms with Crippen molar-refractivity contribution in [3.8, 4) is 5.88 Å². The van der Waals surface area contributed by atoms with Crippen LogP contribution in [0.15, 0.2) is 36.5 Å². The van der Waals surface area contributed by atoms with Gasteiger partial charge in [0.25, 0.3) is 18.0 Å². The summed E-state index contributed by atoms with van der Waals surface area (Å²) in [5, 5.41) is 12.8. The number of carbonyl (C=O) groups excluding carboxylic acids is 1. The van der Waals surface area contributed by atoms with E-state index < -0.39 is 29.7 Å². The van der Waals surface area contributed by atoms with Gasteiger partial charge in [-0.05, 0) is 12.1 Å². The number of halogens is 3. The summed E-state index contributed by atoms with van der Waals surface area (Å²) in [7, 11) is 0. The molecule has 1 amide bonds. The second kappa shape index (κ2) is 7.40. The number of nitro groups is 1. The van der Waals surface area contributed by atoms with E-state index in [0.717, 1.165) is 24.4 Å². The van der Waals surface area contributed by atoms with Gasteiger partial charge in [-0.15, -0.1) is 0 Å². The molecule has 0 fully saturated rings. The van der Waals surface area contributed by atoms with Gasteiger partial charge in [0.15, 0.2) is 6.61 Å². The molecule has 7 nitrogen and oxygen atoms in total. The first kappa shape index (κ1) is 17.2. The summed E-state index contributed by atoms with van der Waals surface area (Å²) in [6.45, 7) is -0.836. The predicted octanol–water partition coefficient (Wildman–Crippen LogP) is 3.03. The average molecular weight is 341 g/mol. The van der Waals surface area contributed by atoms with E-state index in [2.05, 4.69) is 15.0 Å². The Bertz CT molecular complexity index is 753. The summed E-state index contributed by atoms with van der Waals surface area (Å²) in [6.07, 6.45) is -1.61. The highest BCUT2D eigenvalue weighted by molar-refractivity contribution is 6.04. The number of hydrogen-bond donors (Lipinski definition) is 1. The normalized spacial score (nSPS) is 10.5. The minimum absolute atomic E-state index is 0.00898. The Morgan fingerprint density at radius 1 is 1.33 bits per heavy atom. The number of nitrogens with zero attached hydrogens (tertiary/aromatic N) is 2. The summed E-state index contributed by atoms with van der Waals surface area (Å²) in [4.78, 5) is 25.6. The molecule has 2 aromatic rings. The van der Waals surface area contributed by atoms with Crippen LogP contribution in [0.4, 0.5) is 24.5 Å². The van der Waals surface area contributed by atoms with Crippen LogP contribution in [0.25, 0.3) is 0 Å². The van der Waals surface area contributed by atoms with Crippen LogP contribution in [0.3, 0.4) is 0 Å². The summed E-state index contributed by atoms with van der Waals surface area (Å²) in [5.74, 6) is -1.73. The molecule has 1 aromatic carbocycles. The van der Waals surface area contributed by atoms with Crippen LogP contribution in [-0.2, 0) is 0 Å². The van der Waals surface area contributed by atoms with Crippen molar-refractivity contribution in [1.82, 2.24) is 4.98 Å². The van der Waals surface area contributed by atoms with Gasteiger partial charge in [0.1, 0.15) is 5.82 Å². The number of nitro benzene ring substituents is 1. The maximum Gasteiger partial charge on any atom is 0.272 e. The monoisotopic (exact) mass is 341 g/mol. The highest BCUT2D eigenvalue weighted by Crippen LogP contribution is 2.22. The number of carbonyl (C=O) groups is 1. The predicted molar refractivity (Wildman–Crippen MR) is 76.7 cm³/mol. The zero-order valence-corrected chi connectivity index (χ0v) is 11.9. The minimum Gasteiger partial charge on any atom is -0.472 e. The first-order valence-corrected chi connectivity index (χ1v) is 6.49. The maximum atomic E-state index is 13.6. The highest BCUT2D eigenvalue weighted by atomic mass is 19.3. The third-order valence-corrected chi connectivity index (χ3v) is 2.76. The van der Waals surface area contributed by atoms with E-state index in [0.29, 0.717) is 0 Å². The van der Waals surface area contributed by atoms with Crippen LogP contribution in [0.1, 0.15) is 10.4 Å². The molecule has 0 aliphatic rings. The fourth-order valence-corrected chi connectivity index (χ4v) is 1.67. The Balaban J connectivity index is 2.09. The standard InChI is InChI=1S/C14H10F3N3O4/c15-10-3-2-9(20(22)23)5-11(10)19-14(21)8-1-4-13(18-6-8)24-7-12(16)17/h1-6,12H,7H2,(H,19,21). The Morgan fingerprint density at radius 3 is 2.67 bits per heavy atom. The quantitative estimate of drug-likeness (QED) is 0.644. The molecular weight excluding hydrogens is 331 g/mol. The number of non-ortho nitro benzene ring substituents is 1. The fraction of sp³-hybridized carbons (Fsp3) is 0.143. The van der Waals surface area contributed by atoms with E-state index >= 15 is 0 Å². The number of alkyl halides is 2. The number of benzene rings is 1. The topological polar surface area (TPSA) is 94.4 Å². The van der Waals surface area contributed by atoms with Gasteiger partial charge in [-0.3, -0.25) is 14.9 Å². The molecule has 2 rings (SSSR count). The van der Waals surface area contributed by atoms with Gasteiger partial charge in [-0.2, -0.15) is 0 Å². The minimum atomic E-state index is -2.66. The van der Waals surface area contributed by atoms with Crippen LogP contribution < -0.4 is 10.1 Å². The van der Waals surface area contributed by atoms with Gasteiger partial charge in [0.2, 0.25) is 5.88 Å². The molecular formula is C14H10F3N3O4. The van der Waals surface area contributed by atoms with Gasteiger partial charge in [-0.1, -0.05) is 0 Å². The highest BCUT2D eigenvalue weighted by Gasteiger charge is 2.14. The summed E-state index contributed by atoms with van der Waals surface area (Å²) >= 11 is 0. The van der Waals surface area contributed by atoms with Crippen LogP contribution in [0, 0.1) is 15.9 Å². The van der Waals surface area contributed by atoms with E-state index in [1.165, 1.54) is 12.1 Å². The molecule has 24 heavy (non-hydrogen) atoms. The molecule has 0 aliphatic heterocycles. The van der Waals surface area contributed by atoms with Crippen molar-refractivity contribution in [2.75, 3.05) is 11.9 Å². The van der Waals surface area contributed by atoms with Gasteiger partial charge in [0.05, 0.1) is 16.2 Å². The third kappa shape index (κ3) is 4.41. The van der Waals surface area contributed by atoms with Gasteiger partial charge in [-0.25, -0.2) is 18.2 Å². The van der Waals surface area contributed by atoms with Crippen molar-refractivity contribution in [3.63, 3.8) is 0 Å². The zero-order valence-electron chi connectivity index (χ0n) is 11.9. The lowest BCUT2D eigenvalue weighted by atomic mass is 10.2. The molecule has 0 radical (unpaired) electrons. The third-order valence-electron chi connectivity index (χ3n) is 2.76. The number of ether oxygens (including phenoxy) is 1. The number of pyridine rings is 1. The first-order chi connectivity index (χ1) is 11.4. The lowest BCUT2D eigenvalue weighted by Crippen LogP contribution is -2.14. The van der Waals surface area contributed by atoms with E-state index in [4.69, 9.17) is 0 Å². The van der Waals surface area contributed by atoms with E-state index in [-0.39, 0.29) is 22.8 Å². The van der Waals surface area contributed by atoms with Crippen molar-refractivity contribution in [1.29, 1.82) is 0 Å². The second-order valence-corrected chi connectivity index (χ2v) is 4.46. The molecule has 0 saturated carbocycles. The van der Waals surface area contributed by atoms with Crippen molar-refractivity contribution >= 4 is 17.3 Å². The molecule has 1 N–H and O–H groups in total. The SMILES string of the molecule is O=C(Nc1cc([N+](=O)[O-])ccc1F)c1ccc(OCC(F)F)nc1. The zero-order chi connectivity index (χ0) is 17.7. The van der Waals surface area contributed by atoms with Crippen molar-refractivity contribution in [2.45, 2.75) is 6.43 Å². The number of rotatable bonds is 6. The molecule has 0 saturated heterocycles. The number of aromatic nitrogens is 1. The Morgan fingerprint density at radius 2 is 2.08 bits per heavy atom. The maximum absolute atomic E-state index is 13.6. The lowest BCUT2D eigenvalue weighted by molar-refractivity contribution is -0.384. The van der Waals surface area contributed by atoms with Crippen LogP contribution >= 0.6 is 0 Å². The largest absolute Gasteiger partial charge is 0.472 e.